The van der Waals surface area contributed by atoms with Gasteiger partial charge in [-0.25, -0.2) is 9.97 Å². The summed E-state index contributed by atoms with van der Waals surface area (Å²) in [5.74, 6) is 1.65. The first-order valence-corrected chi connectivity index (χ1v) is 6.59. The van der Waals surface area contributed by atoms with E-state index in [0.717, 1.165) is 42.9 Å². The third kappa shape index (κ3) is 2.56. The second kappa shape index (κ2) is 5.52. The second-order valence-electron chi connectivity index (χ2n) is 5.07. The molecule has 1 saturated carbocycles. The summed E-state index contributed by atoms with van der Waals surface area (Å²) >= 11 is 0. The monoisotopic (exact) mass is 250 g/mol. The van der Waals surface area contributed by atoms with Crippen LogP contribution in [0.5, 0.6) is 0 Å². The lowest BCUT2D eigenvalue weighted by Gasteiger charge is -2.37. The Morgan fingerprint density at radius 3 is 2.50 bits per heavy atom. The van der Waals surface area contributed by atoms with Gasteiger partial charge in [0.15, 0.2) is 0 Å². The van der Waals surface area contributed by atoms with Crippen LogP contribution in [0.3, 0.4) is 0 Å². The maximum atomic E-state index is 9.70. The molecule has 0 amide bonds. The van der Waals surface area contributed by atoms with Crippen LogP contribution in [0, 0.1) is 6.92 Å². The highest BCUT2D eigenvalue weighted by Crippen LogP contribution is 2.32. The molecule has 5 nitrogen and oxygen atoms in total. The highest BCUT2D eigenvalue weighted by molar-refractivity contribution is 5.57. The first kappa shape index (κ1) is 13.1. The van der Waals surface area contributed by atoms with E-state index in [9.17, 15) is 5.11 Å². The van der Waals surface area contributed by atoms with Crippen LogP contribution in [-0.2, 0) is 0 Å². The van der Waals surface area contributed by atoms with Crippen LogP contribution in [0.1, 0.15) is 37.7 Å². The molecule has 2 rings (SSSR count). The average molecular weight is 250 g/mol. The largest absolute Gasteiger partial charge is 0.394 e. The van der Waals surface area contributed by atoms with Crippen LogP contribution < -0.4 is 10.6 Å². The van der Waals surface area contributed by atoms with Gasteiger partial charge in [0.1, 0.15) is 18.0 Å². The Morgan fingerprint density at radius 2 is 1.89 bits per heavy atom. The lowest BCUT2D eigenvalue weighted by atomic mass is 9.82. The van der Waals surface area contributed by atoms with Crippen molar-refractivity contribution < 1.29 is 5.11 Å². The Bertz CT molecular complexity index is 402. The molecule has 0 atom stereocenters. The molecule has 1 aliphatic rings. The number of aliphatic hydroxyl groups is 1. The molecule has 1 heterocycles. The van der Waals surface area contributed by atoms with Crippen molar-refractivity contribution in [1.82, 2.24) is 9.97 Å². The van der Waals surface area contributed by atoms with Gasteiger partial charge in [0.25, 0.3) is 0 Å². The zero-order valence-corrected chi connectivity index (χ0v) is 11.2. The van der Waals surface area contributed by atoms with E-state index in [4.69, 9.17) is 0 Å². The van der Waals surface area contributed by atoms with Crippen LogP contribution in [0.2, 0.25) is 0 Å². The summed E-state index contributed by atoms with van der Waals surface area (Å²) < 4.78 is 0. The Hall–Kier alpha value is -1.36. The summed E-state index contributed by atoms with van der Waals surface area (Å²) in [5.41, 5.74) is 0.793. The summed E-state index contributed by atoms with van der Waals surface area (Å²) in [7, 11) is 1.85. The highest BCUT2D eigenvalue weighted by atomic mass is 16.3. The molecule has 0 bridgehead atoms. The van der Waals surface area contributed by atoms with E-state index in [0.29, 0.717) is 0 Å². The number of nitrogens with zero attached hydrogens (tertiary/aromatic N) is 2. The summed E-state index contributed by atoms with van der Waals surface area (Å²) in [6.45, 7) is 2.15. The van der Waals surface area contributed by atoms with E-state index in [-0.39, 0.29) is 12.1 Å². The van der Waals surface area contributed by atoms with Crippen molar-refractivity contribution in [1.29, 1.82) is 0 Å². The molecule has 0 saturated heterocycles. The lowest BCUT2D eigenvalue weighted by molar-refractivity contribution is 0.172. The number of hydrogen-bond acceptors (Lipinski definition) is 5. The molecule has 0 spiro atoms. The summed E-state index contributed by atoms with van der Waals surface area (Å²) in [5, 5.41) is 16.2. The number of anilines is 2. The molecule has 0 aliphatic heterocycles. The zero-order chi connectivity index (χ0) is 13.0. The van der Waals surface area contributed by atoms with Gasteiger partial charge in [0.2, 0.25) is 0 Å². The third-order valence-electron chi connectivity index (χ3n) is 3.82. The molecule has 0 aromatic carbocycles. The van der Waals surface area contributed by atoms with Gasteiger partial charge in [-0.3, -0.25) is 0 Å². The van der Waals surface area contributed by atoms with Gasteiger partial charge in [-0.05, 0) is 19.8 Å². The number of aromatic nitrogens is 2. The van der Waals surface area contributed by atoms with E-state index in [1.54, 1.807) is 6.33 Å². The minimum atomic E-state index is -0.206. The molecule has 3 N–H and O–H groups in total. The van der Waals surface area contributed by atoms with Crippen LogP contribution in [0.25, 0.3) is 0 Å². The second-order valence-corrected chi connectivity index (χ2v) is 5.07. The van der Waals surface area contributed by atoms with Gasteiger partial charge >= 0.3 is 0 Å². The number of rotatable bonds is 4. The number of hydrogen-bond donors (Lipinski definition) is 3. The standard InChI is InChI=1S/C13H22N4O/c1-10-11(14-2)15-9-16-12(10)17-13(8-18)6-4-3-5-7-13/h9,18H,3-8H2,1-2H3,(H2,14,15,16,17). The minimum absolute atomic E-state index is 0.158. The van der Waals surface area contributed by atoms with Crippen molar-refractivity contribution in [3.05, 3.63) is 11.9 Å². The molecule has 5 heteroatoms. The van der Waals surface area contributed by atoms with Crippen molar-refractivity contribution in [2.45, 2.75) is 44.6 Å². The van der Waals surface area contributed by atoms with Crippen molar-refractivity contribution >= 4 is 11.6 Å². The Kier molecular flexibility index (Phi) is 4.01. The fourth-order valence-corrected chi connectivity index (χ4v) is 2.63. The molecule has 1 aromatic heterocycles. The smallest absolute Gasteiger partial charge is 0.134 e. The van der Waals surface area contributed by atoms with Crippen LogP contribution in [0.4, 0.5) is 11.6 Å². The average Bonchev–Trinajstić information content (AvgIpc) is 2.42. The van der Waals surface area contributed by atoms with Crippen LogP contribution >= 0.6 is 0 Å². The first-order valence-electron chi connectivity index (χ1n) is 6.59. The van der Waals surface area contributed by atoms with Crippen molar-refractivity contribution in [3.63, 3.8) is 0 Å². The van der Waals surface area contributed by atoms with Crippen LogP contribution in [0.15, 0.2) is 6.33 Å². The normalized spacial score (nSPS) is 18.4. The van der Waals surface area contributed by atoms with Gasteiger partial charge in [0.05, 0.1) is 12.1 Å². The molecule has 0 unspecified atom stereocenters. The first-order chi connectivity index (χ1) is 8.71. The van der Waals surface area contributed by atoms with Gasteiger partial charge in [0, 0.05) is 12.6 Å². The molecule has 100 valence electrons. The fraction of sp³-hybridized carbons (Fsp3) is 0.692. The Balaban J connectivity index is 2.21. The topological polar surface area (TPSA) is 70.1 Å². The third-order valence-corrected chi connectivity index (χ3v) is 3.82. The van der Waals surface area contributed by atoms with E-state index in [2.05, 4.69) is 20.6 Å². The molecular formula is C13H22N4O. The molecule has 0 radical (unpaired) electrons. The van der Waals surface area contributed by atoms with E-state index >= 15 is 0 Å². The predicted molar refractivity (Wildman–Crippen MR) is 72.8 cm³/mol. The zero-order valence-electron chi connectivity index (χ0n) is 11.2. The SMILES string of the molecule is CNc1ncnc(NC2(CO)CCCCC2)c1C. The van der Waals surface area contributed by atoms with Gasteiger partial charge < -0.3 is 15.7 Å². The van der Waals surface area contributed by atoms with Crippen LogP contribution in [-0.4, -0.2) is 34.3 Å². The van der Waals surface area contributed by atoms with Crippen molar-refractivity contribution in [2.75, 3.05) is 24.3 Å². The molecule has 1 fully saturated rings. The van der Waals surface area contributed by atoms with Gasteiger partial charge in [-0.1, -0.05) is 19.3 Å². The Morgan fingerprint density at radius 1 is 1.22 bits per heavy atom. The molecule has 1 aliphatic carbocycles. The van der Waals surface area contributed by atoms with E-state index < -0.39 is 0 Å². The maximum absolute atomic E-state index is 9.70. The quantitative estimate of drug-likeness (QED) is 0.761. The molecule has 1 aromatic rings. The predicted octanol–water partition coefficient (Wildman–Crippen LogP) is 1.93. The van der Waals surface area contributed by atoms with Crippen molar-refractivity contribution in [2.24, 2.45) is 0 Å². The van der Waals surface area contributed by atoms with E-state index in [1.807, 2.05) is 14.0 Å². The minimum Gasteiger partial charge on any atom is -0.394 e. The van der Waals surface area contributed by atoms with E-state index in [1.165, 1.54) is 6.42 Å². The lowest BCUT2D eigenvalue weighted by Crippen LogP contribution is -2.44. The highest BCUT2D eigenvalue weighted by Gasteiger charge is 2.32. The maximum Gasteiger partial charge on any atom is 0.134 e. The number of aliphatic hydroxyl groups excluding tert-OH is 1. The summed E-state index contributed by atoms with van der Waals surface area (Å²) in [6, 6.07) is 0. The van der Waals surface area contributed by atoms with Crippen molar-refractivity contribution in [3.8, 4) is 0 Å². The molecule has 18 heavy (non-hydrogen) atoms. The Labute approximate surface area is 108 Å². The summed E-state index contributed by atoms with van der Waals surface area (Å²) in [4.78, 5) is 8.47. The van der Waals surface area contributed by atoms with Gasteiger partial charge in [-0.15, -0.1) is 0 Å². The summed E-state index contributed by atoms with van der Waals surface area (Å²) in [6.07, 6.45) is 7.14. The molecular weight excluding hydrogens is 228 g/mol. The van der Waals surface area contributed by atoms with Gasteiger partial charge in [-0.2, -0.15) is 0 Å². The fourth-order valence-electron chi connectivity index (χ4n) is 2.63. The number of nitrogens with one attached hydrogen (secondary N) is 2.